The van der Waals surface area contributed by atoms with Crippen LogP contribution in [0.3, 0.4) is 0 Å². The van der Waals surface area contributed by atoms with Gasteiger partial charge in [0.05, 0.1) is 6.04 Å². The standard InChI is InChI=1S/C19H21NO2S/c1-13-6-5-7-15(12-13)22-14(2)19(21)20-17-10-11-23-18-9-4-3-8-16(17)18/h3-9,12,14,17H,10-11H2,1-2H3,(H,20,21)/t14-,17-/m0/s1. The van der Waals surface area contributed by atoms with Crippen LogP contribution in [0.25, 0.3) is 0 Å². The molecule has 1 amide bonds. The Labute approximate surface area is 141 Å². The second-order valence-corrected chi connectivity index (χ2v) is 6.95. The summed E-state index contributed by atoms with van der Waals surface area (Å²) in [7, 11) is 0. The van der Waals surface area contributed by atoms with Gasteiger partial charge in [-0.3, -0.25) is 4.79 Å². The van der Waals surface area contributed by atoms with Crippen LogP contribution in [0.4, 0.5) is 0 Å². The third-order valence-electron chi connectivity index (χ3n) is 3.95. The highest BCUT2D eigenvalue weighted by Crippen LogP contribution is 2.35. The molecule has 0 aromatic heterocycles. The van der Waals surface area contributed by atoms with Crippen molar-refractivity contribution in [3.63, 3.8) is 0 Å². The number of carbonyl (C=O) groups is 1. The number of thioether (sulfide) groups is 1. The average molecular weight is 327 g/mol. The van der Waals surface area contributed by atoms with Gasteiger partial charge >= 0.3 is 0 Å². The van der Waals surface area contributed by atoms with Crippen LogP contribution >= 0.6 is 11.8 Å². The van der Waals surface area contributed by atoms with Crippen LogP contribution in [0.15, 0.2) is 53.4 Å². The van der Waals surface area contributed by atoms with Crippen molar-refractivity contribution in [2.75, 3.05) is 5.75 Å². The van der Waals surface area contributed by atoms with E-state index >= 15 is 0 Å². The minimum Gasteiger partial charge on any atom is -0.481 e. The summed E-state index contributed by atoms with van der Waals surface area (Å²) in [6, 6.07) is 16.1. The summed E-state index contributed by atoms with van der Waals surface area (Å²) in [5, 5.41) is 3.13. The van der Waals surface area contributed by atoms with Gasteiger partial charge in [-0.05, 0) is 49.6 Å². The molecule has 2 aromatic carbocycles. The Bertz CT molecular complexity index is 701. The smallest absolute Gasteiger partial charge is 0.261 e. The average Bonchev–Trinajstić information content (AvgIpc) is 2.55. The van der Waals surface area contributed by atoms with E-state index in [1.54, 1.807) is 6.92 Å². The number of aryl methyl sites for hydroxylation is 1. The maximum Gasteiger partial charge on any atom is 0.261 e. The lowest BCUT2D eigenvalue weighted by atomic mass is 10.0. The van der Waals surface area contributed by atoms with Crippen molar-refractivity contribution in [2.24, 2.45) is 0 Å². The number of ether oxygens (including phenoxy) is 1. The van der Waals surface area contributed by atoms with Crippen LogP contribution in [-0.2, 0) is 4.79 Å². The van der Waals surface area contributed by atoms with Crippen LogP contribution in [-0.4, -0.2) is 17.8 Å². The number of amides is 1. The zero-order valence-electron chi connectivity index (χ0n) is 13.4. The SMILES string of the molecule is Cc1cccc(O[C@@H](C)C(=O)N[C@H]2CCSc3ccccc32)c1. The fourth-order valence-electron chi connectivity index (χ4n) is 2.73. The summed E-state index contributed by atoms with van der Waals surface area (Å²) < 4.78 is 5.77. The molecule has 1 aliphatic heterocycles. The maximum atomic E-state index is 12.5. The lowest BCUT2D eigenvalue weighted by Gasteiger charge is -2.27. The fourth-order valence-corrected chi connectivity index (χ4v) is 3.85. The summed E-state index contributed by atoms with van der Waals surface area (Å²) in [4.78, 5) is 13.7. The highest BCUT2D eigenvalue weighted by molar-refractivity contribution is 7.99. The Hall–Kier alpha value is -1.94. The van der Waals surface area contributed by atoms with Gasteiger partial charge in [0, 0.05) is 10.6 Å². The van der Waals surface area contributed by atoms with Crippen LogP contribution in [0, 0.1) is 6.92 Å². The topological polar surface area (TPSA) is 38.3 Å². The molecule has 0 fully saturated rings. The van der Waals surface area contributed by atoms with Gasteiger partial charge < -0.3 is 10.1 Å². The van der Waals surface area contributed by atoms with E-state index in [0.29, 0.717) is 0 Å². The molecule has 1 aliphatic rings. The number of rotatable bonds is 4. The van der Waals surface area contributed by atoms with Crippen LogP contribution in [0.5, 0.6) is 5.75 Å². The number of fused-ring (bicyclic) bond motifs is 1. The number of hydrogen-bond acceptors (Lipinski definition) is 3. The number of benzene rings is 2. The second-order valence-electron chi connectivity index (χ2n) is 5.81. The van der Waals surface area contributed by atoms with Crippen molar-refractivity contribution in [3.8, 4) is 5.75 Å². The molecule has 0 bridgehead atoms. The minimum atomic E-state index is -0.515. The van der Waals surface area contributed by atoms with E-state index < -0.39 is 6.10 Å². The normalized spacial score (nSPS) is 17.9. The molecular formula is C19H21NO2S. The molecule has 2 aromatic rings. The molecule has 4 heteroatoms. The van der Waals surface area contributed by atoms with Gasteiger partial charge in [0.15, 0.2) is 6.10 Å². The quantitative estimate of drug-likeness (QED) is 0.918. The summed E-state index contributed by atoms with van der Waals surface area (Å²) in [6.07, 6.45) is 0.434. The predicted octanol–water partition coefficient (Wildman–Crippen LogP) is 4.12. The van der Waals surface area contributed by atoms with Crippen molar-refractivity contribution >= 4 is 17.7 Å². The molecule has 0 radical (unpaired) electrons. The zero-order chi connectivity index (χ0) is 16.2. The second kappa shape index (κ2) is 7.09. The molecule has 0 spiro atoms. The van der Waals surface area contributed by atoms with Crippen molar-refractivity contribution < 1.29 is 9.53 Å². The van der Waals surface area contributed by atoms with E-state index in [9.17, 15) is 4.79 Å². The fraction of sp³-hybridized carbons (Fsp3) is 0.316. The molecule has 1 N–H and O–H groups in total. The summed E-state index contributed by atoms with van der Waals surface area (Å²) >= 11 is 1.85. The van der Waals surface area contributed by atoms with E-state index in [0.717, 1.165) is 23.5 Å². The van der Waals surface area contributed by atoms with E-state index in [1.807, 2.05) is 55.1 Å². The van der Waals surface area contributed by atoms with E-state index in [2.05, 4.69) is 17.4 Å². The third kappa shape index (κ3) is 3.88. The van der Waals surface area contributed by atoms with Gasteiger partial charge in [-0.25, -0.2) is 0 Å². The molecule has 0 unspecified atom stereocenters. The van der Waals surface area contributed by atoms with Crippen LogP contribution in [0.2, 0.25) is 0 Å². The minimum absolute atomic E-state index is 0.0711. The van der Waals surface area contributed by atoms with Gasteiger partial charge in [-0.1, -0.05) is 30.3 Å². The monoisotopic (exact) mass is 327 g/mol. The van der Waals surface area contributed by atoms with E-state index in [1.165, 1.54) is 10.5 Å². The van der Waals surface area contributed by atoms with Crippen molar-refractivity contribution in [3.05, 3.63) is 59.7 Å². The van der Waals surface area contributed by atoms with Gasteiger partial charge in [0.25, 0.3) is 5.91 Å². The summed E-state index contributed by atoms with van der Waals surface area (Å²) in [5.41, 5.74) is 2.33. The first-order chi connectivity index (χ1) is 11.1. The molecule has 120 valence electrons. The number of hydrogen-bond donors (Lipinski definition) is 1. The lowest BCUT2D eigenvalue weighted by molar-refractivity contribution is -0.128. The third-order valence-corrected chi connectivity index (χ3v) is 5.07. The first kappa shape index (κ1) is 15.9. The Morgan fingerprint density at radius 1 is 1.26 bits per heavy atom. The summed E-state index contributed by atoms with van der Waals surface area (Å²) in [6.45, 7) is 3.80. The van der Waals surface area contributed by atoms with E-state index in [4.69, 9.17) is 4.74 Å². The van der Waals surface area contributed by atoms with Gasteiger partial charge in [0.2, 0.25) is 0 Å². The number of nitrogens with one attached hydrogen (secondary N) is 1. The molecular weight excluding hydrogens is 306 g/mol. The molecule has 1 heterocycles. The first-order valence-corrected chi connectivity index (χ1v) is 8.87. The first-order valence-electron chi connectivity index (χ1n) is 7.89. The lowest BCUT2D eigenvalue weighted by Crippen LogP contribution is -2.39. The van der Waals surface area contributed by atoms with Crippen molar-refractivity contribution in [1.82, 2.24) is 5.32 Å². The van der Waals surface area contributed by atoms with Crippen molar-refractivity contribution in [1.29, 1.82) is 0 Å². The van der Waals surface area contributed by atoms with Crippen LogP contribution in [0.1, 0.15) is 30.5 Å². The number of carbonyl (C=O) groups excluding carboxylic acids is 1. The molecule has 2 atom stereocenters. The van der Waals surface area contributed by atoms with Gasteiger partial charge in [0.1, 0.15) is 5.75 Å². The largest absolute Gasteiger partial charge is 0.481 e. The zero-order valence-corrected chi connectivity index (χ0v) is 14.2. The Balaban J connectivity index is 1.65. The predicted molar refractivity (Wildman–Crippen MR) is 93.9 cm³/mol. The molecule has 3 rings (SSSR count). The summed E-state index contributed by atoms with van der Waals surface area (Å²) in [5.74, 6) is 1.68. The molecule has 0 saturated heterocycles. The Morgan fingerprint density at radius 3 is 2.91 bits per heavy atom. The highest BCUT2D eigenvalue weighted by Gasteiger charge is 2.24. The molecule has 0 aliphatic carbocycles. The Morgan fingerprint density at radius 2 is 2.09 bits per heavy atom. The van der Waals surface area contributed by atoms with Gasteiger partial charge in [-0.2, -0.15) is 0 Å². The molecule has 0 saturated carbocycles. The highest BCUT2D eigenvalue weighted by atomic mass is 32.2. The van der Waals surface area contributed by atoms with Crippen LogP contribution < -0.4 is 10.1 Å². The Kier molecular flexibility index (Phi) is 4.91. The molecule has 3 nitrogen and oxygen atoms in total. The van der Waals surface area contributed by atoms with Crippen molar-refractivity contribution in [2.45, 2.75) is 37.3 Å². The van der Waals surface area contributed by atoms with Gasteiger partial charge in [-0.15, -0.1) is 11.8 Å². The maximum absolute atomic E-state index is 12.5. The van der Waals surface area contributed by atoms with E-state index in [-0.39, 0.29) is 11.9 Å². The molecule has 23 heavy (non-hydrogen) atoms.